The molecule has 0 aromatic heterocycles. The van der Waals surface area contributed by atoms with Crippen molar-refractivity contribution < 1.29 is 14.3 Å². The molecule has 2 aromatic carbocycles. The maximum atomic E-state index is 12.3. The molecule has 126 valence electrons. The molecule has 0 saturated carbocycles. The first kappa shape index (κ1) is 17.5. The molecule has 0 aliphatic rings. The molecule has 0 aliphatic heterocycles. The second-order valence-corrected chi connectivity index (χ2v) is 5.29. The van der Waals surface area contributed by atoms with Gasteiger partial charge in [-0.25, -0.2) is 0 Å². The minimum absolute atomic E-state index is 0.0347. The summed E-state index contributed by atoms with van der Waals surface area (Å²) in [5, 5.41) is 5.64. The summed E-state index contributed by atoms with van der Waals surface area (Å²) in [7, 11) is 0. The Morgan fingerprint density at radius 3 is 2.25 bits per heavy atom. The number of ether oxygens (including phenoxy) is 1. The van der Waals surface area contributed by atoms with E-state index in [0.29, 0.717) is 30.0 Å². The molecule has 0 aliphatic carbocycles. The smallest absolute Gasteiger partial charge is 0.255 e. The molecule has 2 rings (SSSR count). The van der Waals surface area contributed by atoms with E-state index in [9.17, 15) is 9.59 Å². The van der Waals surface area contributed by atoms with Crippen LogP contribution in [0, 0.1) is 0 Å². The Hall–Kier alpha value is -2.82. The van der Waals surface area contributed by atoms with Gasteiger partial charge in [-0.2, -0.15) is 0 Å². The van der Waals surface area contributed by atoms with E-state index in [1.165, 1.54) is 0 Å². The molecule has 0 fully saturated rings. The fourth-order valence-corrected chi connectivity index (χ4v) is 2.20. The molecule has 0 radical (unpaired) electrons. The van der Waals surface area contributed by atoms with Gasteiger partial charge in [0.25, 0.3) is 5.91 Å². The largest absolute Gasteiger partial charge is 0.494 e. The first-order chi connectivity index (χ1) is 11.6. The van der Waals surface area contributed by atoms with Gasteiger partial charge in [-0.15, -0.1) is 0 Å². The maximum Gasteiger partial charge on any atom is 0.255 e. The Labute approximate surface area is 142 Å². The SMILES string of the molecule is CCCC(=O)Nc1cccc(NC(=O)c2ccc(OCC)cc2)c1. The number of amides is 2. The summed E-state index contributed by atoms with van der Waals surface area (Å²) in [6, 6.07) is 14.1. The number of carbonyl (C=O) groups is 2. The van der Waals surface area contributed by atoms with Crippen LogP contribution in [-0.2, 0) is 4.79 Å². The van der Waals surface area contributed by atoms with Crippen molar-refractivity contribution in [2.45, 2.75) is 26.7 Å². The molecule has 0 unspecified atom stereocenters. The fourth-order valence-electron chi connectivity index (χ4n) is 2.20. The van der Waals surface area contributed by atoms with E-state index in [1.807, 2.05) is 13.8 Å². The predicted molar refractivity (Wildman–Crippen MR) is 95.5 cm³/mol. The van der Waals surface area contributed by atoms with E-state index in [-0.39, 0.29) is 11.8 Å². The molecule has 0 spiro atoms. The van der Waals surface area contributed by atoms with Crippen LogP contribution in [0.2, 0.25) is 0 Å². The van der Waals surface area contributed by atoms with Crippen molar-refractivity contribution >= 4 is 23.2 Å². The first-order valence-corrected chi connectivity index (χ1v) is 8.06. The lowest BCUT2D eigenvalue weighted by molar-refractivity contribution is -0.116. The number of anilines is 2. The van der Waals surface area contributed by atoms with Crippen LogP contribution in [0.4, 0.5) is 11.4 Å². The van der Waals surface area contributed by atoms with E-state index in [0.717, 1.165) is 12.2 Å². The van der Waals surface area contributed by atoms with Gasteiger partial charge < -0.3 is 15.4 Å². The van der Waals surface area contributed by atoms with Crippen molar-refractivity contribution in [3.8, 4) is 5.75 Å². The number of benzene rings is 2. The average Bonchev–Trinajstić information content (AvgIpc) is 2.56. The number of hydrogen-bond acceptors (Lipinski definition) is 3. The highest BCUT2D eigenvalue weighted by Gasteiger charge is 2.07. The maximum absolute atomic E-state index is 12.3. The van der Waals surface area contributed by atoms with E-state index >= 15 is 0 Å². The average molecular weight is 326 g/mol. The van der Waals surface area contributed by atoms with Gasteiger partial charge in [-0.1, -0.05) is 13.0 Å². The summed E-state index contributed by atoms with van der Waals surface area (Å²) < 4.78 is 5.36. The number of nitrogens with one attached hydrogen (secondary N) is 2. The zero-order valence-electron chi connectivity index (χ0n) is 14.0. The molecular formula is C19H22N2O3. The molecule has 2 aromatic rings. The van der Waals surface area contributed by atoms with Crippen LogP contribution in [0.3, 0.4) is 0 Å². The van der Waals surface area contributed by atoms with Crippen molar-refractivity contribution in [2.24, 2.45) is 0 Å². The standard InChI is InChI=1S/C19H22N2O3/c1-3-6-18(22)20-15-7-5-8-16(13-15)21-19(23)14-9-11-17(12-10-14)24-4-2/h5,7-13H,3-4,6H2,1-2H3,(H,20,22)(H,21,23). The summed E-state index contributed by atoms with van der Waals surface area (Å²) in [4.78, 5) is 23.9. The van der Waals surface area contributed by atoms with E-state index in [4.69, 9.17) is 4.74 Å². The summed E-state index contributed by atoms with van der Waals surface area (Å²) in [5.41, 5.74) is 1.83. The highest BCUT2D eigenvalue weighted by molar-refractivity contribution is 6.04. The van der Waals surface area contributed by atoms with Crippen molar-refractivity contribution in [1.29, 1.82) is 0 Å². The van der Waals surface area contributed by atoms with Crippen LogP contribution in [0.15, 0.2) is 48.5 Å². The van der Waals surface area contributed by atoms with Crippen molar-refractivity contribution in [3.05, 3.63) is 54.1 Å². The quantitative estimate of drug-likeness (QED) is 0.806. The Morgan fingerprint density at radius 2 is 1.62 bits per heavy atom. The minimum Gasteiger partial charge on any atom is -0.494 e. The monoisotopic (exact) mass is 326 g/mol. The highest BCUT2D eigenvalue weighted by Crippen LogP contribution is 2.18. The highest BCUT2D eigenvalue weighted by atomic mass is 16.5. The zero-order chi connectivity index (χ0) is 17.4. The number of rotatable bonds is 7. The lowest BCUT2D eigenvalue weighted by atomic mass is 10.2. The summed E-state index contributed by atoms with van der Waals surface area (Å²) in [6.45, 7) is 4.45. The van der Waals surface area contributed by atoms with Crippen molar-refractivity contribution in [1.82, 2.24) is 0 Å². The molecule has 0 atom stereocenters. The van der Waals surface area contributed by atoms with Gasteiger partial charge in [0.15, 0.2) is 0 Å². The van der Waals surface area contributed by atoms with Gasteiger partial charge in [0.2, 0.25) is 5.91 Å². The Kier molecular flexibility index (Phi) is 6.37. The topological polar surface area (TPSA) is 67.4 Å². The number of carbonyl (C=O) groups excluding carboxylic acids is 2. The van der Waals surface area contributed by atoms with Gasteiger partial charge in [-0.05, 0) is 55.8 Å². The van der Waals surface area contributed by atoms with E-state index < -0.39 is 0 Å². The van der Waals surface area contributed by atoms with Crippen LogP contribution in [0.25, 0.3) is 0 Å². The molecule has 5 heteroatoms. The Bertz CT molecular complexity index is 696. The molecule has 2 amide bonds. The van der Waals surface area contributed by atoms with Gasteiger partial charge in [0.1, 0.15) is 5.75 Å². The summed E-state index contributed by atoms with van der Waals surface area (Å²) in [5.74, 6) is 0.484. The molecule has 0 bridgehead atoms. The second kappa shape index (κ2) is 8.72. The predicted octanol–water partition coefficient (Wildman–Crippen LogP) is 4.08. The molecular weight excluding hydrogens is 304 g/mol. The minimum atomic E-state index is -0.213. The van der Waals surface area contributed by atoms with Crippen molar-refractivity contribution in [3.63, 3.8) is 0 Å². The fraction of sp³-hybridized carbons (Fsp3) is 0.263. The van der Waals surface area contributed by atoms with Crippen LogP contribution in [-0.4, -0.2) is 18.4 Å². The third kappa shape index (κ3) is 5.12. The molecule has 0 saturated heterocycles. The third-order valence-corrected chi connectivity index (χ3v) is 3.31. The van der Waals surface area contributed by atoms with Crippen LogP contribution in [0.5, 0.6) is 5.75 Å². The van der Waals surface area contributed by atoms with Crippen LogP contribution >= 0.6 is 0 Å². The Balaban J connectivity index is 2.02. The molecule has 5 nitrogen and oxygen atoms in total. The van der Waals surface area contributed by atoms with Gasteiger partial charge >= 0.3 is 0 Å². The second-order valence-electron chi connectivity index (χ2n) is 5.29. The van der Waals surface area contributed by atoms with Crippen molar-refractivity contribution in [2.75, 3.05) is 17.2 Å². The van der Waals surface area contributed by atoms with E-state index in [2.05, 4.69) is 10.6 Å². The number of hydrogen-bond donors (Lipinski definition) is 2. The summed E-state index contributed by atoms with van der Waals surface area (Å²) in [6.07, 6.45) is 1.27. The first-order valence-electron chi connectivity index (χ1n) is 8.06. The molecule has 0 heterocycles. The zero-order valence-corrected chi connectivity index (χ0v) is 14.0. The van der Waals surface area contributed by atoms with E-state index in [1.54, 1.807) is 48.5 Å². The van der Waals surface area contributed by atoms with Gasteiger partial charge in [0, 0.05) is 23.4 Å². The lowest BCUT2D eigenvalue weighted by Crippen LogP contribution is -2.13. The van der Waals surface area contributed by atoms with Gasteiger partial charge in [-0.3, -0.25) is 9.59 Å². The normalized spacial score (nSPS) is 10.1. The third-order valence-electron chi connectivity index (χ3n) is 3.31. The molecule has 24 heavy (non-hydrogen) atoms. The van der Waals surface area contributed by atoms with Gasteiger partial charge in [0.05, 0.1) is 6.61 Å². The molecule has 2 N–H and O–H groups in total. The van der Waals surface area contributed by atoms with Crippen LogP contribution < -0.4 is 15.4 Å². The van der Waals surface area contributed by atoms with Crippen LogP contribution in [0.1, 0.15) is 37.0 Å². The Morgan fingerprint density at radius 1 is 0.958 bits per heavy atom. The summed E-state index contributed by atoms with van der Waals surface area (Å²) >= 11 is 0. The lowest BCUT2D eigenvalue weighted by Gasteiger charge is -2.09.